The SMILES string of the molecule is CCNC(=NCC1(CCOCC)CCCC1)NCC(C)N1CCN(C)CC1.I. The van der Waals surface area contributed by atoms with Crippen LogP contribution in [0.1, 0.15) is 52.9 Å². The Morgan fingerprint density at radius 1 is 1.11 bits per heavy atom. The summed E-state index contributed by atoms with van der Waals surface area (Å²) in [4.78, 5) is 9.98. The lowest BCUT2D eigenvalue weighted by Crippen LogP contribution is -2.52. The van der Waals surface area contributed by atoms with Crippen molar-refractivity contribution in [2.24, 2.45) is 10.4 Å². The number of halogens is 1. The van der Waals surface area contributed by atoms with Crippen LogP contribution < -0.4 is 10.6 Å². The molecule has 0 aromatic rings. The van der Waals surface area contributed by atoms with Crippen LogP contribution in [-0.2, 0) is 4.74 Å². The predicted molar refractivity (Wildman–Crippen MR) is 130 cm³/mol. The first kappa shape index (κ1) is 25.9. The third-order valence-corrected chi connectivity index (χ3v) is 6.29. The summed E-state index contributed by atoms with van der Waals surface area (Å²) >= 11 is 0. The zero-order valence-corrected chi connectivity index (χ0v) is 21.0. The van der Waals surface area contributed by atoms with E-state index in [2.05, 4.69) is 48.3 Å². The molecule has 2 N–H and O–H groups in total. The third kappa shape index (κ3) is 8.71. The van der Waals surface area contributed by atoms with Crippen LogP contribution in [0.2, 0.25) is 0 Å². The van der Waals surface area contributed by atoms with Crippen molar-refractivity contribution in [3.8, 4) is 0 Å². The van der Waals surface area contributed by atoms with Gasteiger partial charge in [-0.3, -0.25) is 9.89 Å². The summed E-state index contributed by atoms with van der Waals surface area (Å²) in [6.45, 7) is 15.6. The first-order valence-electron chi connectivity index (χ1n) is 11.1. The average Bonchev–Trinajstić information content (AvgIpc) is 3.13. The van der Waals surface area contributed by atoms with E-state index >= 15 is 0 Å². The second kappa shape index (κ2) is 14.0. The van der Waals surface area contributed by atoms with Crippen LogP contribution in [0.25, 0.3) is 0 Å². The Labute approximate surface area is 190 Å². The number of likely N-dealkylation sites (N-methyl/N-ethyl adjacent to an activating group) is 1. The highest BCUT2D eigenvalue weighted by Crippen LogP contribution is 2.41. The van der Waals surface area contributed by atoms with Crippen LogP contribution >= 0.6 is 24.0 Å². The van der Waals surface area contributed by atoms with Crippen molar-refractivity contribution in [2.45, 2.75) is 58.9 Å². The van der Waals surface area contributed by atoms with Crippen molar-refractivity contribution in [1.29, 1.82) is 0 Å². The maximum atomic E-state index is 5.64. The molecule has 1 saturated carbocycles. The van der Waals surface area contributed by atoms with E-state index in [-0.39, 0.29) is 24.0 Å². The molecular weight excluding hydrogens is 465 g/mol. The van der Waals surface area contributed by atoms with Crippen LogP contribution in [0.15, 0.2) is 4.99 Å². The van der Waals surface area contributed by atoms with Gasteiger partial charge in [-0.05, 0) is 52.5 Å². The van der Waals surface area contributed by atoms with Crippen LogP contribution in [0.4, 0.5) is 0 Å². The number of aliphatic imine (C=N–C) groups is 1. The summed E-state index contributed by atoms with van der Waals surface area (Å²) < 4.78 is 5.64. The monoisotopic (exact) mass is 509 g/mol. The van der Waals surface area contributed by atoms with Crippen molar-refractivity contribution < 1.29 is 4.74 Å². The molecule has 2 aliphatic rings. The van der Waals surface area contributed by atoms with E-state index in [1.165, 1.54) is 38.8 Å². The van der Waals surface area contributed by atoms with Crippen molar-refractivity contribution in [3.63, 3.8) is 0 Å². The molecule has 6 nitrogen and oxygen atoms in total. The Kier molecular flexibility index (Phi) is 12.9. The van der Waals surface area contributed by atoms with Crippen LogP contribution in [0, 0.1) is 5.41 Å². The third-order valence-electron chi connectivity index (χ3n) is 6.29. The molecular formula is C21H44IN5O. The largest absolute Gasteiger partial charge is 0.382 e. The number of nitrogens with zero attached hydrogens (tertiary/aromatic N) is 3. The Hall–Kier alpha value is -0.120. The Balaban J connectivity index is 0.00000392. The molecule has 1 heterocycles. The van der Waals surface area contributed by atoms with E-state index < -0.39 is 0 Å². The summed E-state index contributed by atoms with van der Waals surface area (Å²) in [5.41, 5.74) is 0.348. The maximum Gasteiger partial charge on any atom is 0.191 e. The summed E-state index contributed by atoms with van der Waals surface area (Å²) in [6, 6.07) is 0.529. The van der Waals surface area contributed by atoms with E-state index in [4.69, 9.17) is 9.73 Å². The molecule has 1 unspecified atom stereocenters. The smallest absolute Gasteiger partial charge is 0.191 e. The quantitative estimate of drug-likeness (QED) is 0.205. The Morgan fingerprint density at radius 3 is 2.39 bits per heavy atom. The van der Waals surface area contributed by atoms with Gasteiger partial charge < -0.3 is 20.3 Å². The number of guanidine groups is 1. The first-order valence-corrected chi connectivity index (χ1v) is 11.1. The molecule has 0 amide bonds. The minimum absolute atomic E-state index is 0. The number of piperazine rings is 1. The van der Waals surface area contributed by atoms with Gasteiger partial charge in [-0.1, -0.05) is 12.8 Å². The van der Waals surface area contributed by atoms with Gasteiger partial charge in [0.05, 0.1) is 0 Å². The van der Waals surface area contributed by atoms with E-state index in [1.807, 2.05) is 0 Å². The molecule has 28 heavy (non-hydrogen) atoms. The molecule has 7 heteroatoms. The van der Waals surface area contributed by atoms with Crippen LogP contribution in [0.3, 0.4) is 0 Å². The zero-order chi connectivity index (χ0) is 19.5. The standard InChI is InChI=1S/C21H43N5O.HI/c1-5-22-20(23-17-19(3)26-14-12-25(4)13-15-26)24-18-21(9-7-8-10-21)11-16-27-6-2;/h19H,5-18H2,1-4H3,(H2,22,23,24);1H. The normalized spacial score (nSPS) is 21.9. The summed E-state index contributed by atoms with van der Waals surface area (Å²) in [7, 11) is 2.21. The fraction of sp³-hybridized carbons (Fsp3) is 0.952. The van der Waals surface area contributed by atoms with Gasteiger partial charge in [-0.2, -0.15) is 0 Å². The minimum Gasteiger partial charge on any atom is -0.382 e. The van der Waals surface area contributed by atoms with Gasteiger partial charge in [0.1, 0.15) is 0 Å². The van der Waals surface area contributed by atoms with Gasteiger partial charge in [0.25, 0.3) is 0 Å². The highest BCUT2D eigenvalue weighted by atomic mass is 127. The van der Waals surface area contributed by atoms with Crippen molar-refractivity contribution in [2.75, 3.05) is 66.1 Å². The average molecular weight is 510 g/mol. The number of hydrogen-bond donors (Lipinski definition) is 2. The molecule has 1 aliphatic carbocycles. The summed E-state index contributed by atoms with van der Waals surface area (Å²) in [6.07, 6.45) is 6.40. The lowest BCUT2D eigenvalue weighted by Gasteiger charge is -2.36. The molecule has 0 bridgehead atoms. The fourth-order valence-corrected chi connectivity index (χ4v) is 4.27. The van der Waals surface area contributed by atoms with E-state index in [0.717, 1.165) is 58.3 Å². The minimum atomic E-state index is 0. The predicted octanol–water partition coefficient (Wildman–Crippen LogP) is 2.78. The molecule has 1 saturated heterocycles. The van der Waals surface area contributed by atoms with E-state index in [1.54, 1.807) is 0 Å². The molecule has 1 aliphatic heterocycles. The summed E-state index contributed by atoms with van der Waals surface area (Å²) in [5.74, 6) is 0.973. The van der Waals surface area contributed by atoms with Gasteiger partial charge in [0.2, 0.25) is 0 Å². The van der Waals surface area contributed by atoms with Crippen molar-refractivity contribution in [1.82, 2.24) is 20.4 Å². The Bertz CT molecular complexity index is 435. The molecule has 166 valence electrons. The fourth-order valence-electron chi connectivity index (χ4n) is 4.27. The zero-order valence-electron chi connectivity index (χ0n) is 18.6. The maximum absolute atomic E-state index is 5.64. The molecule has 0 aromatic carbocycles. The van der Waals surface area contributed by atoms with Gasteiger partial charge >= 0.3 is 0 Å². The van der Waals surface area contributed by atoms with Gasteiger partial charge in [-0.15, -0.1) is 24.0 Å². The van der Waals surface area contributed by atoms with Crippen LogP contribution in [-0.4, -0.2) is 87.9 Å². The number of nitrogens with one attached hydrogen (secondary N) is 2. The number of ether oxygens (including phenoxy) is 1. The van der Waals surface area contributed by atoms with Crippen molar-refractivity contribution >= 4 is 29.9 Å². The van der Waals surface area contributed by atoms with Gasteiger partial charge in [0, 0.05) is 65.1 Å². The topological polar surface area (TPSA) is 52.1 Å². The molecule has 2 fully saturated rings. The van der Waals surface area contributed by atoms with Crippen LogP contribution in [0.5, 0.6) is 0 Å². The lowest BCUT2D eigenvalue weighted by atomic mass is 9.83. The van der Waals surface area contributed by atoms with E-state index in [0.29, 0.717) is 11.5 Å². The molecule has 0 radical (unpaired) electrons. The highest BCUT2D eigenvalue weighted by Gasteiger charge is 2.33. The lowest BCUT2D eigenvalue weighted by molar-refractivity contribution is 0.107. The molecule has 0 aromatic heterocycles. The number of rotatable bonds is 10. The van der Waals surface area contributed by atoms with Gasteiger partial charge in [-0.25, -0.2) is 0 Å². The van der Waals surface area contributed by atoms with Gasteiger partial charge in [0.15, 0.2) is 5.96 Å². The first-order chi connectivity index (χ1) is 13.1. The highest BCUT2D eigenvalue weighted by molar-refractivity contribution is 14.0. The number of hydrogen-bond acceptors (Lipinski definition) is 4. The van der Waals surface area contributed by atoms with Crippen molar-refractivity contribution in [3.05, 3.63) is 0 Å². The molecule has 0 spiro atoms. The van der Waals surface area contributed by atoms with E-state index in [9.17, 15) is 0 Å². The second-order valence-corrected chi connectivity index (χ2v) is 8.42. The molecule has 2 rings (SSSR count). The molecule has 1 atom stereocenters. The Morgan fingerprint density at radius 2 is 1.79 bits per heavy atom. The second-order valence-electron chi connectivity index (χ2n) is 8.42. The summed E-state index contributed by atoms with van der Waals surface area (Å²) in [5, 5.41) is 7.03.